The Bertz CT molecular complexity index is 3210. The molecule has 0 saturated carbocycles. The molecule has 0 radical (unpaired) electrons. The SMILES string of the molecule is CC(C)(C)c1ccc(N2B3c4c(cc(C(C)(C)C)cc4N(c4ccc(C(C)(C)C)cc4-c4ccccc4)c4sc5ccccc5c43)-c3ccc4c(oc5ccccc54)c32)cc1. The van der Waals surface area contributed by atoms with Crippen LogP contribution in [0, 0.1) is 0 Å². The van der Waals surface area contributed by atoms with Crippen molar-refractivity contribution in [1.29, 1.82) is 0 Å². The molecular formula is C56H51BN2OS. The maximum Gasteiger partial charge on any atom is 0.334 e. The molecule has 0 saturated heterocycles. The molecule has 2 aromatic heterocycles. The van der Waals surface area contributed by atoms with Crippen LogP contribution in [0.1, 0.15) is 79.0 Å². The standard InChI is InChI=1S/C56H51BN2OS/c1-54(2,3)35-23-26-38(27-24-35)59-51-40(28-29-41-39-19-13-15-21-47(39)60-52(41)51)44-32-37(56(7,8)9)33-46-49(44)57(59)50-42-20-14-16-22-48(42)61-53(50)58(46)45-30-25-36(55(4,5)6)31-43(45)34-17-11-10-12-18-34/h10-33H,1-9H3. The van der Waals surface area contributed by atoms with E-state index >= 15 is 0 Å². The van der Waals surface area contributed by atoms with E-state index in [0.29, 0.717) is 0 Å². The van der Waals surface area contributed by atoms with Crippen LogP contribution in [-0.4, -0.2) is 6.85 Å². The van der Waals surface area contributed by atoms with Crippen molar-refractivity contribution in [3.05, 3.63) is 162 Å². The van der Waals surface area contributed by atoms with Crippen LogP contribution in [0.4, 0.5) is 27.8 Å². The molecule has 0 N–H and O–H groups in total. The zero-order valence-electron chi connectivity index (χ0n) is 36.6. The van der Waals surface area contributed by atoms with Gasteiger partial charge in [0.05, 0.1) is 16.4 Å². The highest BCUT2D eigenvalue weighted by atomic mass is 32.1. The maximum atomic E-state index is 7.04. The number of thiophene rings is 1. The molecule has 9 aromatic rings. The molecule has 5 heteroatoms. The van der Waals surface area contributed by atoms with Gasteiger partial charge in [-0.1, -0.05) is 159 Å². The van der Waals surface area contributed by atoms with Crippen molar-refractivity contribution in [2.24, 2.45) is 0 Å². The van der Waals surface area contributed by atoms with Crippen molar-refractivity contribution in [2.75, 3.05) is 9.71 Å². The van der Waals surface area contributed by atoms with Gasteiger partial charge in [-0.25, -0.2) is 0 Å². The fraction of sp³-hybridized carbons (Fsp3) is 0.214. The van der Waals surface area contributed by atoms with E-state index in [9.17, 15) is 0 Å². The van der Waals surface area contributed by atoms with Crippen LogP contribution in [0.15, 0.2) is 150 Å². The number of furan rings is 1. The Kier molecular flexibility index (Phi) is 8.23. The van der Waals surface area contributed by atoms with Crippen molar-refractivity contribution in [3.8, 4) is 22.3 Å². The van der Waals surface area contributed by atoms with Gasteiger partial charge in [-0.15, -0.1) is 11.3 Å². The lowest BCUT2D eigenvalue weighted by molar-refractivity contribution is 0.590. The third-order valence-corrected chi connectivity index (χ3v) is 14.3. The van der Waals surface area contributed by atoms with Crippen LogP contribution >= 0.6 is 11.3 Å². The van der Waals surface area contributed by atoms with Gasteiger partial charge in [0, 0.05) is 38.0 Å². The van der Waals surface area contributed by atoms with Crippen LogP contribution < -0.4 is 20.6 Å². The van der Waals surface area contributed by atoms with Gasteiger partial charge < -0.3 is 14.1 Å². The van der Waals surface area contributed by atoms with Gasteiger partial charge in [-0.3, -0.25) is 0 Å². The van der Waals surface area contributed by atoms with E-state index in [0.717, 1.165) is 33.3 Å². The second-order valence-corrected chi connectivity index (χ2v) is 21.2. The van der Waals surface area contributed by atoms with Crippen molar-refractivity contribution < 1.29 is 4.42 Å². The fourth-order valence-corrected chi connectivity index (χ4v) is 11.1. The fourth-order valence-electron chi connectivity index (χ4n) is 9.81. The van der Waals surface area contributed by atoms with E-state index in [1.807, 2.05) is 11.3 Å². The minimum absolute atomic E-state index is 0.0160. The highest BCUT2D eigenvalue weighted by Crippen LogP contribution is 2.54. The molecule has 0 bridgehead atoms. The van der Waals surface area contributed by atoms with Crippen molar-refractivity contribution in [2.45, 2.75) is 78.6 Å². The minimum atomic E-state index is -0.137. The third kappa shape index (κ3) is 5.84. The zero-order chi connectivity index (χ0) is 42.2. The molecule has 2 aliphatic heterocycles. The molecule has 0 aliphatic carbocycles. The van der Waals surface area contributed by atoms with Gasteiger partial charge >= 0.3 is 6.85 Å². The number of fused-ring (bicyclic) bond motifs is 10. The molecule has 300 valence electrons. The van der Waals surface area contributed by atoms with Crippen LogP contribution in [0.25, 0.3) is 54.3 Å². The Hall–Kier alpha value is -6.04. The van der Waals surface area contributed by atoms with Gasteiger partial charge in [-0.2, -0.15) is 0 Å². The van der Waals surface area contributed by atoms with E-state index in [2.05, 4.69) is 218 Å². The van der Waals surface area contributed by atoms with Gasteiger partial charge in [0.15, 0.2) is 5.58 Å². The number of nitrogens with zero attached hydrogens (tertiary/aromatic N) is 2. The van der Waals surface area contributed by atoms with E-state index in [4.69, 9.17) is 4.42 Å². The topological polar surface area (TPSA) is 19.6 Å². The minimum Gasteiger partial charge on any atom is -0.454 e. The molecule has 0 unspecified atom stereocenters. The summed E-state index contributed by atoms with van der Waals surface area (Å²) < 4.78 is 8.32. The van der Waals surface area contributed by atoms with Crippen molar-refractivity contribution in [1.82, 2.24) is 0 Å². The molecule has 0 atom stereocenters. The summed E-state index contributed by atoms with van der Waals surface area (Å²) in [7, 11) is 0. The Morgan fingerprint density at radius 1 is 0.492 bits per heavy atom. The van der Waals surface area contributed by atoms with Crippen LogP contribution in [-0.2, 0) is 16.2 Å². The summed E-state index contributed by atoms with van der Waals surface area (Å²) in [6, 6.07) is 54.8. The molecule has 0 amide bonds. The molecule has 7 aromatic carbocycles. The first-order valence-corrected chi connectivity index (χ1v) is 22.5. The number of para-hydroxylation sites is 1. The van der Waals surface area contributed by atoms with Gasteiger partial charge in [0.25, 0.3) is 0 Å². The lowest BCUT2D eigenvalue weighted by Crippen LogP contribution is -2.61. The zero-order valence-corrected chi connectivity index (χ0v) is 37.5. The Morgan fingerprint density at radius 2 is 1.13 bits per heavy atom. The van der Waals surface area contributed by atoms with Gasteiger partial charge in [0.1, 0.15) is 5.58 Å². The summed E-state index contributed by atoms with van der Waals surface area (Å²) in [6.07, 6.45) is 0. The van der Waals surface area contributed by atoms with Crippen LogP contribution in [0.3, 0.4) is 0 Å². The van der Waals surface area contributed by atoms with E-state index < -0.39 is 0 Å². The average molecular weight is 811 g/mol. The lowest BCUT2D eigenvalue weighted by Gasteiger charge is -2.45. The predicted octanol–water partition coefficient (Wildman–Crippen LogP) is 15.1. The Balaban J connectivity index is 1.31. The molecular weight excluding hydrogens is 760 g/mol. The Labute approximate surface area is 364 Å². The number of hydrogen-bond donors (Lipinski definition) is 0. The van der Waals surface area contributed by atoms with Gasteiger partial charge in [-0.05, 0) is 109 Å². The first-order valence-electron chi connectivity index (χ1n) is 21.7. The summed E-state index contributed by atoms with van der Waals surface area (Å²) in [5.74, 6) is 0. The van der Waals surface area contributed by atoms with Crippen LogP contribution in [0.5, 0.6) is 0 Å². The summed E-state index contributed by atoms with van der Waals surface area (Å²) in [6.45, 7) is 20.7. The van der Waals surface area contributed by atoms with Gasteiger partial charge in [0.2, 0.25) is 0 Å². The second kappa shape index (κ2) is 13.2. The smallest absolute Gasteiger partial charge is 0.334 e. The quantitative estimate of drug-likeness (QED) is 0.166. The third-order valence-electron chi connectivity index (χ3n) is 13.1. The lowest BCUT2D eigenvalue weighted by atomic mass is 9.43. The van der Waals surface area contributed by atoms with E-state index in [1.165, 1.54) is 76.3 Å². The maximum absolute atomic E-state index is 7.04. The number of benzene rings is 7. The predicted molar refractivity (Wildman–Crippen MR) is 264 cm³/mol. The number of hydrogen-bond acceptors (Lipinski definition) is 4. The molecule has 61 heavy (non-hydrogen) atoms. The van der Waals surface area contributed by atoms with Crippen LogP contribution in [0.2, 0.25) is 0 Å². The summed E-state index contributed by atoms with van der Waals surface area (Å²) in [5, 5.41) is 4.83. The van der Waals surface area contributed by atoms with Crippen molar-refractivity contribution >= 4 is 88.9 Å². The first kappa shape index (κ1) is 37.9. The largest absolute Gasteiger partial charge is 0.454 e. The van der Waals surface area contributed by atoms with Crippen molar-refractivity contribution in [3.63, 3.8) is 0 Å². The average Bonchev–Trinajstić information content (AvgIpc) is 3.82. The summed E-state index contributed by atoms with van der Waals surface area (Å²) in [5.41, 5.74) is 17.9. The molecule has 11 rings (SSSR count). The Morgan fingerprint density at radius 3 is 1.85 bits per heavy atom. The highest BCUT2D eigenvalue weighted by Gasteiger charge is 2.48. The molecule has 0 spiro atoms. The molecule has 3 nitrogen and oxygen atoms in total. The monoisotopic (exact) mass is 810 g/mol. The van der Waals surface area contributed by atoms with E-state index in [-0.39, 0.29) is 23.1 Å². The first-order chi connectivity index (χ1) is 29.2. The van der Waals surface area contributed by atoms with E-state index in [1.54, 1.807) is 0 Å². The second-order valence-electron chi connectivity index (χ2n) is 20.2. The number of anilines is 5. The molecule has 4 heterocycles. The highest BCUT2D eigenvalue weighted by molar-refractivity contribution is 7.26. The summed E-state index contributed by atoms with van der Waals surface area (Å²) >= 11 is 1.91. The molecule has 2 aliphatic rings. The normalized spacial score (nSPS) is 13.9. The molecule has 0 fully saturated rings. The number of rotatable bonds is 3. The summed E-state index contributed by atoms with van der Waals surface area (Å²) in [4.78, 5) is 5.26.